The summed E-state index contributed by atoms with van der Waals surface area (Å²) in [6.45, 7) is 8.71. The maximum Gasteiger partial charge on any atom is 0.326 e. The summed E-state index contributed by atoms with van der Waals surface area (Å²) in [6, 6.07) is -1.24. The SMILES string of the molecule is CC1CN(C(=O)N[C@@H](C(=O)O)C(C)(C)C)CCO1. The minimum Gasteiger partial charge on any atom is -0.480 e. The number of hydrogen-bond donors (Lipinski definition) is 2. The number of amides is 2. The van der Waals surface area contributed by atoms with Gasteiger partial charge in [0.2, 0.25) is 0 Å². The number of carbonyl (C=O) groups excluding carboxylic acids is 1. The van der Waals surface area contributed by atoms with Crippen LogP contribution in [0.1, 0.15) is 27.7 Å². The van der Waals surface area contributed by atoms with Crippen molar-refractivity contribution in [2.45, 2.75) is 39.8 Å². The topological polar surface area (TPSA) is 78.9 Å². The molecule has 1 aliphatic rings. The Morgan fingerprint density at radius 2 is 2.06 bits per heavy atom. The van der Waals surface area contributed by atoms with Gasteiger partial charge < -0.3 is 20.1 Å². The van der Waals surface area contributed by atoms with Crippen LogP contribution in [-0.4, -0.2) is 53.8 Å². The smallest absolute Gasteiger partial charge is 0.326 e. The van der Waals surface area contributed by atoms with Gasteiger partial charge in [-0.2, -0.15) is 0 Å². The third-order valence-electron chi connectivity index (χ3n) is 2.91. The molecule has 0 spiro atoms. The van der Waals surface area contributed by atoms with Crippen molar-refractivity contribution in [1.82, 2.24) is 10.2 Å². The number of nitrogens with zero attached hydrogens (tertiary/aromatic N) is 1. The molecular weight excluding hydrogens is 236 g/mol. The highest BCUT2D eigenvalue weighted by Gasteiger charge is 2.34. The first-order valence-electron chi connectivity index (χ1n) is 6.11. The molecule has 1 saturated heterocycles. The van der Waals surface area contributed by atoms with Gasteiger partial charge in [0.15, 0.2) is 0 Å². The monoisotopic (exact) mass is 258 g/mol. The quantitative estimate of drug-likeness (QED) is 0.772. The van der Waals surface area contributed by atoms with Gasteiger partial charge in [-0.15, -0.1) is 0 Å². The Morgan fingerprint density at radius 3 is 2.50 bits per heavy atom. The minimum atomic E-state index is -1.02. The summed E-state index contributed by atoms with van der Waals surface area (Å²) in [5.74, 6) is -1.02. The van der Waals surface area contributed by atoms with Gasteiger partial charge in [-0.3, -0.25) is 0 Å². The normalized spacial score (nSPS) is 22.4. The predicted octanol–water partition coefficient (Wildman–Crippen LogP) is 0.916. The summed E-state index contributed by atoms with van der Waals surface area (Å²) >= 11 is 0. The van der Waals surface area contributed by atoms with E-state index in [1.165, 1.54) is 0 Å². The van der Waals surface area contributed by atoms with Gasteiger partial charge in [0, 0.05) is 13.1 Å². The van der Waals surface area contributed by atoms with Crippen molar-refractivity contribution >= 4 is 12.0 Å². The first-order valence-corrected chi connectivity index (χ1v) is 6.11. The van der Waals surface area contributed by atoms with Crippen LogP contribution < -0.4 is 5.32 Å². The van der Waals surface area contributed by atoms with Crippen molar-refractivity contribution in [2.75, 3.05) is 19.7 Å². The Balaban J connectivity index is 2.64. The molecule has 1 aliphatic heterocycles. The van der Waals surface area contributed by atoms with E-state index in [9.17, 15) is 9.59 Å². The molecule has 0 radical (unpaired) electrons. The molecule has 1 fully saturated rings. The minimum absolute atomic E-state index is 0.0117. The van der Waals surface area contributed by atoms with Crippen molar-refractivity contribution in [3.05, 3.63) is 0 Å². The van der Waals surface area contributed by atoms with Crippen molar-refractivity contribution in [2.24, 2.45) is 5.41 Å². The lowest BCUT2D eigenvalue weighted by atomic mass is 9.87. The summed E-state index contributed by atoms with van der Waals surface area (Å²) in [6.07, 6.45) is -0.0117. The largest absolute Gasteiger partial charge is 0.480 e. The highest BCUT2D eigenvalue weighted by molar-refractivity contribution is 5.83. The lowest BCUT2D eigenvalue weighted by Gasteiger charge is -2.34. The van der Waals surface area contributed by atoms with Crippen molar-refractivity contribution < 1.29 is 19.4 Å². The fourth-order valence-electron chi connectivity index (χ4n) is 1.87. The van der Waals surface area contributed by atoms with Crippen LogP contribution in [0.4, 0.5) is 4.79 Å². The third-order valence-corrected chi connectivity index (χ3v) is 2.91. The zero-order chi connectivity index (χ0) is 13.9. The Labute approximate surface area is 107 Å². The standard InChI is InChI=1S/C12H22N2O4/c1-8-7-14(5-6-18-8)11(17)13-9(10(15)16)12(2,3)4/h8-9H,5-7H2,1-4H3,(H,13,17)(H,15,16)/t8?,9-/m0/s1. The molecule has 18 heavy (non-hydrogen) atoms. The van der Waals surface area contributed by atoms with Crippen LogP contribution in [0.5, 0.6) is 0 Å². The Bertz CT molecular complexity index is 325. The van der Waals surface area contributed by atoms with E-state index in [1.54, 1.807) is 25.7 Å². The van der Waals surface area contributed by atoms with E-state index in [2.05, 4.69) is 5.32 Å². The molecular formula is C12H22N2O4. The fourth-order valence-corrected chi connectivity index (χ4v) is 1.87. The Morgan fingerprint density at radius 1 is 1.44 bits per heavy atom. The highest BCUT2D eigenvalue weighted by atomic mass is 16.5. The molecule has 0 aromatic heterocycles. The number of hydrogen-bond acceptors (Lipinski definition) is 3. The molecule has 1 rings (SSSR count). The third kappa shape index (κ3) is 3.87. The Kier molecular flexibility index (Phi) is 4.56. The van der Waals surface area contributed by atoms with E-state index in [0.717, 1.165) is 0 Å². The second-order valence-electron chi connectivity index (χ2n) is 5.71. The molecule has 2 N–H and O–H groups in total. The van der Waals surface area contributed by atoms with E-state index in [-0.39, 0.29) is 12.1 Å². The fraction of sp³-hybridized carbons (Fsp3) is 0.833. The summed E-state index contributed by atoms with van der Waals surface area (Å²) < 4.78 is 5.34. The summed E-state index contributed by atoms with van der Waals surface area (Å²) in [5.41, 5.74) is -0.528. The molecule has 0 aromatic carbocycles. The van der Waals surface area contributed by atoms with E-state index >= 15 is 0 Å². The number of morpholine rings is 1. The van der Waals surface area contributed by atoms with E-state index in [0.29, 0.717) is 19.7 Å². The van der Waals surface area contributed by atoms with Gasteiger partial charge in [-0.05, 0) is 12.3 Å². The zero-order valence-electron chi connectivity index (χ0n) is 11.4. The first-order chi connectivity index (χ1) is 8.21. The molecule has 104 valence electrons. The molecule has 0 bridgehead atoms. The number of urea groups is 1. The van der Waals surface area contributed by atoms with Crippen LogP contribution >= 0.6 is 0 Å². The summed E-state index contributed by atoms with van der Waals surface area (Å²) in [7, 11) is 0. The molecule has 2 atom stereocenters. The van der Waals surface area contributed by atoms with Gasteiger partial charge >= 0.3 is 12.0 Å². The van der Waals surface area contributed by atoms with Gasteiger partial charge in [0.05, 0.1) is 12.7 Å². The molecule has 6 heteroatoms. The van der Waals surface area contributed by atoms with Gasteiger partial charge in [-0.1, -0.05) is 20.8 Å². The van der Waals surface area contributed by atoms with Crippen molar-refractivity contribution in [1.29, 1.82) is 0 Å². The van der Waals surface area contributed by atoms with Crippen LogP contribution in [0.3, 0.4) is 0 Å². The Hall–Kier alpha value is -1.30. The average Bonchev–Trinajstić information content (AvgIpc) is 2.23. The number of aliphatic carboxylic acids is 1. The van der Waals surface area contributed by atoms with Crippen LogP contribution in [0, 0.1) is 5.41 Å². The summed E-state index contributed by atoms with van der Waals surface area (Å²) in [4.78, 5) is 24.8. The predicted molar refractivity (Wildman–Crippen MR) is 66.4 cm³/mol. The maximum absolute atomic E-state index is 12.0. The molecule has 1 heterocycles. The van der Waals surface area contributed by atoms with Crippen LogP contribution in [0.25, 0.3) is 0 Å². The lowest BCUT2D eigenvalue weighted by molar-refractivity contribution is -0.142. The van der Waals surface area contributed by atoms with E-state index in [1.807, 2.05) is 6.92 Å². The van der Waals surface area contributed by atoms with Gasteiger partial charge in [-0.25, -0.2) is 9.59 Å². The number of rotatable bonds is 2. The highest BCUT2D eigenvalue weighted by Crippen LogP contribution is 2.20. The molecule has 0 aromatic rings. The van der Waals surface area contributed by atoms with Crippen molar-refractivity contribution in [3.63, 3.8) is 0 Å². The number of ether oxygens (including phenoxy) is 1. The average molecular weight is 258 g/mol. The van der Waals surface area contributed by atoms with Crippen LogP contribution in [0.15, 0.2) is 0 Å². The first kappa shape index (κ1) is 14.8. The number of carboxylic acids is 1. The second-order valence-corrected chi connectivity index (χ2v) is 5.71. The number of carboxylic acid groups (broad SMARTS) is 1. The summed E-state index contributed by atoms with van der Waals surface area (Å²) in [5, 5.41) is 11.7. The van der Waals surface area contributed by atoms with E-state index in [4.69, 9.17) is 9.84 Å². The maximum atomic E-state index is 12.0. The zero-order valence-corrected chi connectivity index (χ0v) is 11.4. The van der Waals surface area contributed by atoms with E-state index < -0.39 is 17.4 Å². The van der Waals surface area contributed by atoms with Crippen LogP contribution in [0.2, 0.25) is 0 Å². The van der Waals surface area contributed by atoms with Gasteiger partial charge in [0.1, 0.15) is 6.04 Å². The lowest BCUT2D eigenvalue weighted by Crippen LogP contribution is -2.56. The second kappa shape index (κ2) is 5.56. The number of carbonyl (C=O) groups is 2. The molecule has 2 amide bonds. The van der Waals surface area contributed by atoms with Crippen LogP contribution in [-0.2, 0) is 9.53 Å². The van der Waals surface area contributed by atoms with Gasteiger partial charge in [0.25, 0.3) is 0 Å². The number of nitrogens with one attached hydrogen (secondary N) is 1. The molecule has 0 saturated carbocycles. The molecule has 6 nitrogen and oxygen atoms in total. The van der Waals surface area contributed by atoms with Crippen molar-refractivity contribution in [3.8, 4) is 0 Å². The molecule has 1 unspecified atom stereocenters. The molecule has 0 aliphatic carbocycles.